The van der Waals surface area contributed by atoms with Crippen LogP contribution >= 0.6 is 11.6 Å². The predicted octanol–water partition coefficient (Wildman–Crippen LogP) is 7.54. The van der Waals surface area contributed by atoms with E-state index in [-0.39, 0.29) is 12.3 Å². The molecule has 2 aliphatic heterocycles. The second kappa shape index (κ2) is 9.88. The number of unbranched alkanes of at least 4 members (excludes halogenated alkanes) is 3. The van der Waals surface area contributed by atoms with Gasteiger partial charge in [-0.3, -0.25) is 0 Å². The van der Waals surface area contributed by atoms with Crippen molar-refractivity contribution in [2.45, 2.75) is 51.3 Å². The summed E-state index contributed by atoms with van der Waals surface area (Å²) < 4.78 is 12.4. The first-order valence-electron chi connectivity index (χ1n) is 11.8. The Hall–Kier alpha value is -2.98. The highest BCUT2D eigenvalue weighted by atomic mass is 35.5. The summed E-state index contributed by atoms with van der Waals surface area (Å²) in [6.07, 6.45) is 5.35. The van der Waals surface area contributed by atoms with Gasteiger partial charge in [-0.05, 0) is 54.4 Å². The lowest BCUT2D eigenvalue weighted by Crippen LogP contribution is -2.33. The Balaban J connectivity index is 1.38. The van der Waals surface area contributed by atoms with Gasteiger partial charge in [0, 0.05) is 22.6 Å². The summed E-state index contributed by atoms with van der Waals surface area (Å²) >= 11 is 6.10. The maximum Gasteiger partial charge on any atom is 0.213 e. The van der Waals surface area contributed by atoms with Gasteiger partial charge in [-0.2, -0.15) is 5.10 Å². The minimum Gasteiger partial charge on any atom is -0.494 e. The van der Waals surface area contributed by atoms with Crippen LogP contribution < -0.4 is 9.47 Å². The normalized spacial score (nSPS) is 18.8. The van der Waals surface area contributed by atoms with Crippen LogP contribution in [0, 0.1) is 0 Å². The van der Waals surface area contributed by atoms with E-state index in [1.165, 1.54) is 24.8 Å². The van der Waals surface area contributed by atoms with E-state index in [4.69, 9.17) is 26.2 Å². The van der Waals surface area contributed by atoms with Crippen LogP contribution in [0.3, 0.4) is 0 Å². The fourth-order valence-electron chi connectivity index (χ4n) is 4.52. The highest BCUT2D eigenvalue weighted by Gasteiger charge is 2.40. The van der Waals surface area contributed by atoms with Gasteiger partial charge in [0.15, 0.2) is 0 Å². The number of para-hydroxylation sites is 1. The van der Waals surface area contributed by atoms with Gasteiger partial charge >= 0.3 is 0 Å². The number of hydrazone groups is 1. The van der Waals surface area contributed by atoms with Crippen molar-refractivity contribution in [2.75, 3.05) is 6.61 Å². The van der Waals surface area contributed by atoms with E-state index in [0.717, 1.165) is 52.8 Å². The SMILES string of the molecule is CCCCCCOc1ccc([C@@H]2Oc3ccccc3[C@H]3CC(c4ccc(Cl)cc4)=NN32)cc1. The van der Waals surface area contributed by atoms with Gasteiger partial charge < -0.3 is 9.47 Å². The molecule has 0 spiro atoms. The number of fused-ring (bicyclic) bond motifs is 3. The van der Waals surface area contributed by atoms with Gasteiger partial charge in [-0.25, -0.2) is 5.01 Å². The maximum atomic E-state index is 6.46. The average Bonchev–Trinajstić information content (AvgIpc) is 3.30. The van der Waals surface area contributed by atoms with Gasteiger partial charge in [0.25, 0.3) is 0 Å². The second-order valence-electron chi connectivity index (χ2n) is 8.64. The highest BCUT2D eigenvalue weighted by Crippen LogP contribution is 2.47. The van der Waals surface area contributed by atoms with E-state index in [0.29, 0.717) is 0 Å². The molecular formula is C28H29ClN2O2. The van der Waals surface area contributed by atoms with Gasteiger partial charge in [0.2, 0.25) is 6.23 Å². The molecule has 33 heavy (non-hydrogen) atoms. The number of ether oxygens (including phenoxy) is 2. The third-order valence-corrected chi connectivity index (χ3v) is 6.56. The van der Waals surface area contributed by atoms with Crippen LogP contribution in [0.5, 0.6) is 11.5 Å². The summed E-state index contributed by atoms with van der Waals surface area (Å²) in [7, 11) is 0. The standard InChI is InChI=1S/C28H29ClN2O2/c1-2-3-4-7-18-32-23-16-12-21(13-17-23)28-31-26(24-8-5-6-9-27(24)33-28)19-25(30-31)20-10-14-22(29)15-11-20/h5-6,8-17,26,28H,2-4,7,18-19H2,1H3/t26-,28+/m1/s1. The first-order valence-corrected chi connectivity index (χ1v) is 12.2. The zero-order chi connectivity index (χ0) is 22.6. The maximum absolute atomic E-state index is 6.46. The molecule has 0 aromatic heterocycles. The molecular weight excluding hydrogens is 432 g/mol. The Morgan fingerprint density at radius 1 is 0.970 bits per heavy atom. The molecule has 0 unspecified atom stereocenters. The Morgan fingerprint density at radius 3 is 2.55 bits per heavy atom. The molecule has 0 saturated heterocycles. The van der Waals surface area contributed by atoms with Crippen molar-refractivity contribution >= 4 is 17.3 Å². The highest BCUT2D eigenvalue weighted by molar-refractivity contribution is 6.30. The molecule has 5 heteroatoms. The first-order chi connectivity index (χ1) is 16.2. The van der Waals surface area contributed by atoms with Crippen molar-refractivity contribution in [1.82, 2.24) is 5.01 Å². The van der Waals surface area contributed by atoms with Crippen LogP contribution in [0.15, 0.2) is 77.9 Å². The van der Waals surface area contributed by atoms with E-state index in [9.17, 15) is 0 Å². The van der Waals surface area contributed by atoms with Gasteiger partial charge in [-0.15, -0.1) is 0 Å². The Bertz CT molecular complexity index is 1110. The van der Waals surface area contributed by atoms with Crippen LogP contribution in [-0.2, 0) is 0 Å². The molecule has 0 saturated carbocycles. The smallest absolute Gasteiger partial charge is 0.213 e. The number of hydrogen-bond acceptors (Lipinski definition) is 4. The van der Waals surface area contributed by atoms with Crippen molar-refractivity contribution in [3.8, 4) is 11.5 Å². The fourth-order valence-corrected chi connectivity index (χ4v) is 4.64. The van der Waals surface area contributed by atoms with E-state index in [1.54, 1.807) is 0 Å². The minimum atomic E-state index is -0.284. The van der Waals surface area contributed by atoms with Crippen molar-refractivity contribution < 1.29 is 9.47 Å². The van der Waals surface area contributed by atoms with E-state index >= 15 is 0 Å². The third kappa shape index (κ3) is 4.72. The average molecular weight is 461 g/mol. The molecule has 4 nitrogen and oxygen atoms in total. The Kier molecular flexibility index (Phi) is 6.54. The molecule has 0 bridgehead atoms. The molecule has 0 fully saturated rings. The van der Waals surface area contributed by atoms with Gasteiger partial charge in [0.1, 0.15) is 11.5 Å². The monoisotopic (exact) mass is 460 g/mol. The molecule has 170 valence electrons. The number of rotatable bonds is 8. The van der Waals surface area contributed by atoms with Crippen molar-refractivity contribution in [3.63, 3.8) is 0 Å². The largest absolute Gasteiger partial charge is 0.494 e. The number of benzene rings is 3. The lowest BCUT2D eigenvalue weighted by molar-refractivity contribution is -0.0190. The molecule has 2 heterocycles. The van der Waals surface area contributed by atoms with Crippen molar-refractivity contribution in [3.05, 3.63) is 94.5 Å². The summed E-state index contributed by atoms with van der Waals surface area (Å²) in [6, 6.07) is 24.6. The number of hydrogen-bond donors (Lipinski definition) is 0. The Labute approximate surface area is 200 Å². The quantitative estimate of drug-likeness (QED) is 0.325. The summed E-state index contributed by atoms with van der Waals surface area (Å²) in [5, 5.41) is 7.85. The molecule has 0 radical (unpaired) electrons. The lowest BCUT2D eigenvalue weighted by atomic mass is 9.96. The molecule has 0 amide bonds. The number of nitrogens with zero attached hydrogens (tertiary/aromatic N) is 2. The molecule has 3 aromatic carbocycles. The molecule has 0 aliphatic carbocycles. The zero-order valence-electron chi connectivity index (χ0n) is 18.9. The van der Waals surface area contributed by atoms with Crippen LogP contribution in [0.2, 0.25) is 5.02 Å². The van der Waals surface area contributed by atoms with Crippen LogP contribution in [-0.4, -0.2) is 17.3 Å². The van der Waals surface area contributed by atoms with Gasteiger partial charge in [-0.1, -0.05) is 68.1 Å². The second-order valence-corrected chi connectivity index (χ2v) is 9.08. The van der Waals surface area contributed by atoms with Crippen LogP contribution in [0.4, 0.5) is 0 Å². The fraction of sp³-hybridized carbons (Fsp3) is 0.321. The minimum absolute atomic E-state index is 0.139. The summed E-state index contributed by atoms with van der Waals surface area (Å²) in [4.78, 5) is 0. The summed E-state index contributed by atoms with van der Waals surface area (Å²) in [6.45, 7) is 2.98. The Morgan fingerprint density at radius 2 is 1.76 bits per heavy atom. The van der Waals surface area contributed by atoms with Crippen molar-refractivity contribution in [1.29, 1.82) is 0 Å². The lowest BCUT2D eigenvalue weighted by Gasteiger charge is -2.38. The van der Waals surface area contributed by atoms with E-state index in [2.05, 4.69) is 36.2 Å². The molecule has 5 rings (SSSR count). The van der Waals surface area contributed by atoms with E-state index in [1.807, 2.05) is 48.5 Å². The summed E-state index contributed by atoms with van der Waals surface area (Å²) in [5.41, 5.74) is 4.38. The number of halogens is 1. The van der Waals surface area contributed by atoms with Crippen LogP contribution in [0.25, 0.3) is 0 Å². The predicted molar refractivity (Wildman–Crippen MR) is 133 cm³/mol. The zero-order valence-corrected chi connectivity index (χ0v) is 19.7. The molecule has 2 aliphatic rings. The molecule has 3 aromatic rings. The summed E-state index contributed by atoms with van der Waals surface area (Å²) in [5.74, 6) is 1.82. The van der Waals surface area contributed by atoms with Crippen LogP contribution in [0.1, 0.15) is 68.0 Å². The van der Waals surface area contributed by atoms with Gasteiger partial charge in [0.05, 0.1) is 18.4 Å². The third-order valence-electron chi connectivity index (χ3n) is 6.31. The van der Waals surface area contributed by atoms with E-state index < -0.39 is 0 Å². The topological polar surface area (TPSA) is 34.1 Å². The van der Waals surface area contributed by atoms with Crippen molar-refractivity contribution in [2.24, 2.45) is 5.10 Å². The molecule has 2 atom stereocenters. The molecule has 0 N–H and O–H groups in total. The first kappa shape index (κ1) is 21.8.